The van der Waals surface area contributed by atoms with Crippen LogP contribution in [0.1, 0.15) is 18.5 Å². The Morgan fingerprint density at radius 2 is 2.00 bits per heavy atom. The van der Waals surface area contributed by atoms with Crippen molar-refractivity contribution in [3.8, 4) is 0 Å². The second kappa shape index (κ2) is 7.48. The Labute approximate surface area is 137 Å². The molecular weight excluding hydrogens is 354 g/mol. The van der Waals surface area contributed by atoms with Crippen LogP contribution in [0.5, 0.6) is 0 Å². The van der Waals surface area contributed by atoms with E-state index in [0.29, 0.717) is 11.6 Å². The number of anilines is 1. The van der Waals surface area contributed by atoms with Crippen molar-refractivity contribution in [2.75, 3.05) is 11.9 Å². The van der Waals surface area contributed by atoms with Crippen LogP contribution >= 0.6 is 27.5 Å². The molecule has 0 aromatic heterocycles. The summed E-state index contributed by atoms with van der Waals surface area (Å²) in [6.07, 6.45) is 0. The molecular formula is C16H15BrClNO2. The van der Waals surface area contributed by atoms with E-state index >= 15 is 0 Å². The summed E-state index contributed by atoms with van der Waals surface area (Å²) in [4.78, 5) is 12.2. The zero-order valence-electron chi connectivity index (χ0n) is 11.5. The highest BCUT2D eigenvalue weighted by molar-refractivity contribution is 9.10. The first-order chi connectivity index (χ1) is 10.1. The van der Waals surface area contributed by atoms with Crippen LogP contribution in [0.2, 0.25) is 5.02 Å². The van der Waals surface area contributed by atoms with Crippen LogP contribution in [-0.4, -0.2) is 12.6 Å². The van der Waals surface area contributed by atoms with E-state index in [1.165, 1.54) is 0 Å². The van der Waals surface area contributed by atoms with Gasteiger partial charge in [-0.2, -0.15) is 0 Å². The van der Waals surface area contributed by atoms with Gasteiger partial charge in [0.15, 0.2) is 6.04 Å². The summed E-state index contributed by atoms with van der Waals surface area (Å²) in [5.41, 5.74) is 1.62. The first-order valence-electron chi connectivity index (χ1n) is 6.55. The van der Waals surface area contributed by atoms with Gasteiger partial charge in [0.2, 0.25) is 0 Å². The SMILES string of the molecule is CCOC(=O)C(Nc1ccc(Cl)cc1Br)c1ccccc1. The molecule has 0 fully saturated rings. The lowest BCUT2D eigenvalue weighted by Gasteiger charge is -2.19. The second-order valence-electron chi connectivity index (χ2n) is 4.36. The highest BCUT2D eigenvalue weighted by atomic mass is 79.9. The van der Waals surface area contributed by atoms with Crippen LogP contribution < -0.4 is 5.32 Å². The van der Waals surface area contributed by atoms with Crippen LogP contribution in [0, 0.1) is 0 Å². The summed E-state index contributed by atoms with van der Waals surface area (Å²) >= 11 is 9.37. The molecule has 0 heterocycles. The summed E-state index contributed by atoms with van der Waals surface area (Å²) in [7, 11) is 0. The first-order valence-corrected chi connectivity index (χ1v) is 7.72. The Balaban J connectivity index is 2.30. The topological polar surface area (TPSA) is 38.3 Å². The van der Waals surface area contributed by atoms with E-state index in [-0.39, 0.29) is 5.97 Å². The number of hydrogen-bond donors (Lipinski definition) is 1. The summed E-state index contributed by atoms with van der Waals surface area (Å²) in [5.74, 6) is -0.314. The molecule has 110 valence electrons. The van der Waals surface area contributed by atoms with Gasteiger partial charge in [0.1, 0.15) is 0 Å². The van der Waals surface area contributed by atoms with Gasteiger partial charge in [-0.3, -0.25) is 0 Å². The lowest BCUT2D eigenvalue weighted by Crippen LogP contribution is -2.23. The van der Waals surface area contributed by atoms with E-state index in [1.54, 1.807) is 19.1 Å². The van der Waals surface area contributed by atoms with Gasteiger partial charge in [0.05, 0.1) is 6.61 Å². The minimum atomic E-state index is -0.566. The molecule has 0 aliphatic rings. The number of rotatable bonds is 5. The van der Waals surface area contributed by atoms with Crippen molar-refractivity contribution < 1.29 is 9.53 Å². The van der Waals surface area contributed by atoms with Crippen molar-refractivity contribution in [3.63, 3.8) is 0 Å². The minimum Gasteiger partial charge on any atom is -0.464 e. The van der Waals surface area contributed by atoms with E-state index in [4.69, 9.17) is 16.3 Å². The molecule has 0 amide bonds. The molecule has 0 saturated carbocycles. The largest absolute Gasteiger partial charge is 0.464 e. The molecule has 0 aliphatic heterocycles. The highest BCUT2D eigenvalue weighted by Crippen LogP contribution is 2.29. The number of carbonyl (C=O) groups is 1. The average Bonchev–Trinajstić information content (AvgIpc) is 2.47. The molecule has 5 heteroatoms. The maximum atomic E-state index is 12.2. The van der Waals surface area contributed by atoms with E-state index in [9.17, 15) is 4.79 Å². The maximum absolute atomic E-state index is 12.2. The molecule has 2 aromatic rings. The molecule has 2 aromatic carbocycles. The van der Waals surface area contributed by atoms with Gasteiger partial charge < -0.3 is 10.1 Å². The number of benzene rings is 2. The number of esters is 1. The molecule has 2 rings (SSSR count). The summed E-state index contributed by atoms with van der Waals surface area (Å²) in [5, 5.41) is 3.82. The smallest absolute Gasteiger partial charge is 0.333 e. The van der Waals surface area contributed by atoms with Crippen molar-refractivity contribution in [1.82, 2.24) is 0 Å². The Morgan fingerprint density at radius 3 is 2.62 bits per heavy atom. The lowest BCUT2D eigenvalue weighted by atomic mass is 10.1. The lowest BCUT2D eigenvalue weighted by molar-refractivity contribution is -0.144. The molecule has 0 aliphatic carbocycles. The Kier molecular flexibility index (Phi) is 5.65. The zero-order chi connectivity index (χ0) is 15.2. The quantitative estimate of drug-likeness (QED) is 0.769. The van der Waals surface area contributed by atoms with Gasteiger partial charge in [-0.25, -0.2) is 4.79 Å². The molecule has 1 N–H and O–H groups in total. The first kappa shape index (κ1) is 15.9. The fourth-order valence-electron chi connectivity index (χ4n) is 1.91. The monoisotopic (exact) mass is 367 g/mol. The minimum absolute atomic E-state index is 0.314. The molecule has 0 spiro atoms. The number of halogens is 2. The van der Waals surface area contributed by atoms with Crippen LogP contribution in [0.15, 0.2) is 53.0 Å². The summed E-state index contributed by atoms with van der Waals surface area (Å²) in [6.45, 7) is 2.13. The van der Waals surface area contributed by atoms with E-state index < -0.39 is 6.04 Å². The van der Waals surface area contributed by atoms with E-state index in [1.807, 2.05) is 36.4 Å². The predicted octanol–water partition coefficient (Wildman–Crippen LogP) is 4.82. The third-order valence-electron chi connectivity index (χ3n) is 2.89. The van der Waals surface area contributed by atoms with Gasteiger partial charge in [0.25, 0.3) is 0 Å². The normalized spacial score (nSPS) is 11.8. The van der Waals surface area contributed by atoms with Crippen LogP contribution in [-0.2, 0) is 9.53 Å². The van der Waals surface area contributed by atoms with Crippen LogP contribution in [0.25, 0.3) is 0 Å². The molecule has 21 heavy (non-hydrogen) atoms. The standard InChI is InChI=1S/C16H15BrClNO2/c1-2-21-16(20)15(11-6-4-3-5-7-11)19-14-9-8-12(18)10-13(14)17/h3-10,15,19H,2H2,1H3. The zero-order valence-corrected chi connectivity index (χ0v) is 13.8. The van der Waals surface area contributed by atoms with Gasteiger partial charge in [-0.15, -0.1) is 0 Å². The van der Waals surface area contributed by atoms with Crippen LogP contribution in [0.4, 0.5) is 5.69 Å². The third-order valence-corrected chi connectivity index (χ3v) is 3.78. The number of hydrogen-bond acceptors (Lipinski definition) is 3. The van der Waals surface area contributed by atoms with Crippen molar-refractivity contribution in [1.29, 1.82) is 0 Å². The van der Waals surface area contributed by atoms with Gasteiger partial charge >= 0.3 is 5.97 Å². The van der Waals surface area contributed by atoms with Gasteiger partial charge in [-0.1, -0.05) is 41.9 Å². The Bertz CT molecular complexity index is 619. The molecule has 3 nitrogen and oxygen atoms in total. The fourth-order valence-corrected chi connectivity index (χ4v) is 2.71. The molecule has 0 saturated heterocycles. The van der Waals surface area contributed by atoms with Crippen LogP contribution in [0.3, 0.4) is 0 Å². The molecule has 1 atom stereocenters. The third kappa shape index (κ3) is 4.22. The molecule has 0 bridgehead atoms. The Morgan fingerprint density at radius 1 is 1.29 bits per heavy atom. The highest BCUT2D eigenvalue weighted by Gasteiger charge is 2.22. The summed E-state index contributed by atoms with van der Waals surface area (Å²) in [6, 6.07) is 14.3. The van der Waals surface area contributed by atoms with E-state index in [0.717, 1.165) is 15.7 Å². The molecule has 1 unspecified atom stereocenters. The van der Waals surface area contributed by atoms with Gasteiger partial charge in [0, 0.05) is 15.2 Å². The van der Waals surface area contributed by atoms with Crippen molar-refractivity contribution in [2.24, 2.45) is 0 Å². The van der Waals surface area contributed by atoms with Crippen molar-refractivity contribution >= 4 is 39.2 Å². The van der Waals surface area contributed by atoms with Gasteiger partial charge in [-0.05, 0) is 46.6 Å². The summed E-state index contributed by atoms with van der Waals surface area (Å²) < 4.78 is 5.94. The molecule has 0 radical (unpaired) electrons. The Hall–Kier alpha value is -1.52. The maximum Gasteiger partial charge on any atom is 0.333 e. The van der Waals surface area contributed by atoms with Crippen molar-refractivity contribution in [3.05, 3.63) is 63.6 Å². The van der Waals surface area contributed by atoms with E-state index in [2.05, 4.69) is 21.2 Å². The number of carbonyl (C=O) groups excluding carboxylic acids is 1. The number of nitrogens with one attached hydrogen (secondary N) is 1. The number of ether oxygens (including phenoxy) is 1. The van der Waals surface area contributed by atoms with Crippen molar-refractivity contribution in [2.45, 2.75) is 13.0 Å². The second-order valence-corrected chi connectivity index (χ2v) is 5.66. The fraction of sp³-hybridized carbons (Fsp3) is 0.188. The average molecular weight is 369 g/mol. The predicted molar refractivity (Wildman–Crippen MR) is 88.6 cm³/mol.